The van der Waals surface area contributed by atoms with Gasteiger partial charge in [0.1, 0.15) is 0 Å². The van der Waals surface area contributed by atoms with Crippen LogP contribution in [-0.4, -0.2) is 9.78 Å². The molecule has 3 rings (SSSR count). The van der Waals surface area contributed by atoms with E-state index in [2.05, 4.69) is 71.4 Å². The van der Waals surface area contributed by atoms with Crippen LogP contribution in [-0.2, 0) is 0 Å². The Balaban J connectivity index is 1.92. The molecule has 0 N–H and O–H groups in total. The Morgan fingerprint density at radius 3 is 2.52 bits per heavy atom. The molecule has 3 heteroatoms. The first-order valence-corrected chi connectivity index (χ1v) is 7.88. The second-order valence-corrected chi connectivity index (χ2v) is 6.19. The molecule has 1 aromatic heterocycles. The molecule has 0 spiro atoms. The minimum absolute atomic E-state index is 0.163. The van der Waals surface area contributed by atoms with Gasteiger partial charge in [0.05, 0.1) is 16.7 Å². The summed E-state index contributed by atoms with van der Waals surface area (Å²) in [6, 6.07) is 16.7. The highest BCUT2D eigenvalue weighted by Gasteiger charge is 2.15. The summed E-state index contributed by atoms with van der Waals surface area (Å²) >= 11 is 3.80. The number of rotatable bonds is 3. The average Bonchev–Trinajstić information content (AvgIpc) is 2.97. The number of halogens is 1. The summed E-state index contributed by atoms with van der Waals surface area (Å²) in [6.45, 7) is 4.27. The van der Waals surface area contributed by atoms with E-state index >= 15 is 0 Å². The minimum Gasteiger partial charge on any atom is -0.241 e. The van der Waals surface area contributed by atoms with Crippen molar-refractivity contribution in [3.63, 3.8) is 0 Å². The van der Waals surface area contributed by atoms with Crippen LogP contribution in [0.5, 0.6) is 0 Å². The van der Waals surface area contributed by atoms with Crippen molar-refractivity contribution in [1.29, 1.82) is 0 Å². The van der Waals surface area contributed by atoms with Gasteiger partial charge >= 0.3 is 0 Å². The van der Waals surface area contributed by atoms with E-state index in [-0.39, 0.29) is 4.83 Å². The minimum atomic E-state index is 0.163. The molecule has 1 heterocycles. The van der Waals surface area contributed by atoms with Gasteiger partial charge in [-0.15, -0.1) is 0 Å². The van der Waals surface area contributed by atoms with Gasteiger partial charge < -0.3 is 0 Å². The van der Waals surface area contributed by atoms with Crippen LogP contribution in [0, 0.1) is 13.8 Å². The van der Waals surface area contributed by atoms with E-state index in [1.807, 2.05) is 29.1 Å². The van der Waals surface area contributed by atoms with Crippen molar-refractivity contribution in [1.82, 2.24) is 9.78 Å². The van der Waals surface area contributed by atoms with E-state index in [1.54, 1.807) is 0 Å². The summed E-state index contributed by atoms with van der Waals surface area (Å²) in [5.41, 5.74) is 6.10. The van der Waals surface area contributed by atoms with E-state index < -0.39 is 0 Å². The van der Waals surface area contributed by atoms with Crippen LogP contribution in [0.25, 0.3) is 5.69 Å². The summed E-state index contributed by atoms with van der Waals surface area (Å²) in [5.74, 6) is 0. The second kappa shape index (κ2) is 5.86. The molecule has 21 heavy (non-hydrogen) atoms. The van der Waals surface area contributed by atoms with Crippen LogP contribution < -0.4 is 0 Å². The highest BCUT2D eigenvalue weighted by molar-refractivity contribution is 9.09. The van der Waals surface area contributed by atoms with E-state index in [1.165, 1.54) is 16.7 Å². The maximum atomic E-state index is 4.47. The van der Waals surface area contributed by atoms with E-state index in [0.29, 0.717) is 0 Å². The van der Waals surface area contributed by atoms with E-state index in [9.17, 15) is 0 Å². The zero-order valence-electron chi connectivity index (χ0n) is 12.1. The quantitative estimate of drug-likeness (QED) is 0.615. The predicted molar refractivity (Wildman–Crippen MR) is 90.3 cm³/mol. The summed E-state index contributed by atoms with van der Waals surface area (Å²) in [5, 5.41) is 4.47. The van der Waals surface area contributed by atoms with Crippen molar-refractivity contribution in [2.75, 3.05) is 0 Å². The molecule has 0 aliphatic heterocycles. The maximum Gasteiger partial charge on any atom is 0.0678 e. The van der Waals surface area contributed by atoms with Crippen LogP contribution in [0.4, 0.5) is 0 Å². The predicted octanol–water partition coefficient (Wildman–Crippen LogP) is 4.97. The Kier molecular flexibility index (Phi) is 3.93. The topological polar surface area (TPSA) is 17.8 Å². The first-order chi connectivity index (χ1) is 10.1. The Morgan fingerprint density at radius 2 is 1.81 bits per heavy atom. The molecule has 106 valence electrons. The zero-order valence-corrected chi connectivity index (χ0v) is 13.7. The van der Waals surface area contributed by atoms with Gasteiger partial charge in [-0.2, -0.15) is 5.10 Å². The van der Waals surface area contributed by atoms with Gasteiger partial charge in [-0.3, -0.25) is 0 Å². The summed E-state index contributed by atoms with van der Waals surface area (Å²) in [7, 11) is 0. The normalized spacial score (nSPS) is 12.3. The second-order valence-electron chi connectivity index (χ2n) is 5.28. The zero-order chi connectivity index (χ0) is 14.8. The number of hydrogen-bond acceptors (Lipinski definition) is 1. The first kappa shape index (κ1) is 14.1. The Labute approximate surface area is 133 Å². The third-order valence-electron chi connectivity index (χ3n) is 3.61. The van der Waals surface area contributed by atoms with Gasteiger partial charge in [-0.25, -0.2) is 4.68 Å². The molecule has 2 nitrogen and oxygen atoms in total. The van der Waals surface area contributed by atoms with E-state index in [4.69, 9.17) is 0 Å². The lowest BCUT2D eigenvalue weighted by molar-refractivity contribution is 0.880. The number of benzene rings is 2. The molecule has 1 atom stereocenters. The molecule has 0 aliphatic rings. The van der Waals surface area contributed by atoms with Crippen LogP contribution in [0.1, 0.15) is 27.1 Å². The molecule has 1 unspecified atom stereocenters. The Hall–Kier alpha value is -1.87. The molecule has 0 saturated carbocycles. The lowest BCUT2D eigenvalue weighted by Gasteiger charge is -2.12. The summed E-state index contributed by atoms with van der Waals surface area (Å²) in [4.78, 5) is 0.163. The monoisotopic (exact) mass is 340 g/mol. The molecule has 3 aromatic rings. The lowest BCUT2D eigenvalue weighted by atomic mass is 10.0. The Bertz CT molecular complexity index is 747. The molecule has 2 aromatic carbocycles. The van der Waals surface area contributed by atoms with Gasteiger partial charge in [0, 0.05) is 11.8 Å². The maximum absolute atomic E-state index is 4.47. The van der Waals surface area contributed by atoms with Gasteiger partial charge in [0.2, 0.25) is 0 Å². The van der Waals surface area contributed by atoms with Crippen molar-refractivity contribution in [3.05, 3.63) is 83.2 Å². The largest absolute Gasteiger partial charge is 0.241 e. The van der Waals surface area contributed by atoms with Crippen molar-refractivity contribution in [3.8, 4) is 5.69 Å². The fourth-order valence-corrected chi connectivity index (χ4v) is 3.23. The smallest absolute Gasteiger partial charge is 0.0678 e. The summed E-state index contributed by atoms with van der Waals surface area (Å²) < 4.78 is 1.91. The molecule has 0 radical (unpaired) electrons. The van der Waals surface area contributed by atoms with Gasteiger partial charge in [0.15, 0.2) is 0 Å². The average molecular weight is 341 g/mol. The van der Waals surface area contributed by atoms with Crippen LogP contribution in [0.15, 0.2) is 60.9 Å². The highest BCUT2D eigenvalue weighted by Crippen LogP contribution is 2.33. The number of hydrogen-bond donors (Lipinski definition) is 0. The summed E-state index contributed by atoms with van der Waals surface area (Å²) in [6.07, 6.45) is 4.00. The van der Waals surface area contributed by atoms with Crippen LogP contribution in [0.2, 0.25) is 0 Å². The number of aromatic nitrogens is 2. The fraction of sp³-hybridized carbons (Fsp3) is 0.167. The molecule has 0 fully saturated rings. The molecule has 0 amide bonds. The fourth-order valence-electron chi connectivity index (χ4n) is 2.48. The number of alkyl halides is 1. The van der Waals surface area contributed by atoms with Gasteiger partial charge in [0.25, 0.3) is 0 Å². The SMILES string of the molecule is Cc1ccc(C(Br)c2cnn(-c3ccccc3)c2)c(C)c1. The molecular formula is C18H17BrN2. The Morgan fingerprint density at radius 1 is 1.05 bits per heavy atom. The third-order valence-corrected chi connectivity index (χ3v) is 4.64. The van der Waals surface area contributed by atoms with Crippen molar-refractivity contribution < 1.29 is 0 Å². The van der Waals surface area contributed by atoms with E-state index in [0.717, 1.165) is 11.3 Å². The number of aryl methyl sites for hydroxylation is 2. The molecule has 0 bridgehead atoms. The third kappa shape index (κ3) is 2.93. The highest BCUT2D eigenvalue weighted by atomic mass is 79.9. The van der Waals surface area contributed by atoms with Crippen LogP contribution in [0.3, 0.4) is 0 Å². The molecule has 0 aliphatic carbocycles. The van der Waals surface area contributed by atoms with Crippen molar-refractivity contribution >= 4 is 15.9 Å². The number of nitrogens with zero attached hydrogens (tertiary/aromatic N) is 2. The van der Waals surface area contributed by atoms with Crippen LogP contribution >= 0.6 is 15.9 Å². The van der Waals surface area contributed by atoms with Crippen molar-refractivity contribution in [2.45, 2.75) is 18.7 Å². The number of para-hydroxylation sites is 1. The van der Waals surface area contributed by atoms with Gasteiger partial charge in [-0.05, 0) is 37.1 Å². The van der Waals surface area contributed by atoms with Crippen molar-refractivity contribution in [2.24, 2.45) is 0 Å². The lowest BCUT2D eigenvalue weighted by Crippen LogP contribution is -1.96. The standard InChI is InChI=1S/C18H17BrN2/c1-13-8-9-17(14(2)10-13)18(19)15-11-20-21(12-15)16-6-4-3-5-7-16/h3-12,18H,1-2H3. The molecule has 0 saturated heterocycles. The molecular weight excluding hydrogens is 324 g/mol. The van der Waals surface area contributed by atoms with Gasteiger partial charge in [-0.1, -0.05) is 57.9 Å². The first-order valence-electron chi connectivity index (χ1n) is 6.96.